The summed E-state index contributed by atoms with van der Waals surface area (Å²) in [7, 11) is -1.55. The van der Waals surface area contributed by atoms with Crippen LogP contribution >= 0.6 is 0 Å². The van der Waals surface area contributed by atoms with Crippen LogP contribution in [-0.4, -0.2) is 44.7 Å². The van der Waals surface area contributed by atoms with Crippen molar-refractivity contribution in [3.63, 3.8) is 0 Å². The first-order valence-electron chi connectivity index (χ1n) is 15.7. The maximum absolute atomic E-state index is 13.7. The van der Waals surface area contributed by atoms with Gasteiger partial charge in [-0.15, -0.1) is 0 Å². The van der Waals surface area contributed by atoms with Crippen LogP contribution in [0.4, 0.5) is 5.95 Å². The Morgan fingerprint density at radius 1 is 1.05 bits per heavy atom. The average molecular weight is 601 g/mol. The minimum Gasteiger partial charge on any atom is -0.477 e. The van der Waals surface area contributed by atoms with Gasteiger partial charge < -0.3 is 9.64 Å². The van der Waals surface area contributed by atoms with E-state index in [1.165, 1.54) is 12.0 Å². The molecule has 3 aliphatic heterocycles. The van der Waals surface area contributed by atoms with Gasteiger partial charge in [-0.05, 0) is 84.6 Å². The molecule has 4 heterocycles. The van der Waals surface area contributed by atoms with Crippen molar-refractivity contribution in [2.24, 2.45) is 29.1 Å². The van der Waals surface area contributed by atoms with Crippen molar-refractivity contribution in [1.82, 2.24) is 14.9 Å². The van der Waals surface area contributed by atoms with Crippen LogP contribution in [-0.2, 0) is 15.8 Å². The Morgan fingerprint density at radius 3 is 2.42 bits per heavy atom. The molecule has 8 heteroatoms. The number of nitrogens with zero attached hydrogens (tertiary/aromatic N) is 3. The van der Waals surface area contributed by atoms with Gasteiger partial charge in [0.05, 0.1) is 17.2 Å². The van der Waals surface area contributed by atoms with E-state index in [-0.39, 0.29) is 29.1 Å². The maximum Gasteiger partial charge on any atom is 0.238 e. The molecule has 2 aromatic carbocycles. The second kappa shape index (κ2) is 11.7. The van der Waals surface area contributed by atoms with Crippen LogP contribution in [0, 0.1) is 42.9 Å². The number of fused-ring (bicyclic) bond motifs is 6. The van der Waals surface area contributed by atoms with E-state index in [1.807, 2.05) is 31.2 Å². The van der Waals surface area contributed by atoms with Crippen LogP contribution in [0.3, 0.4) is 0 Å². The first-order chi connectivity index (χ1) is 20.5. The molecule has 3 aromatic rings. The highest BCUT2D eigenvalue weighted by molar-refractivity contribution is 7.86. The second-order valence-electron chi connectivity index (χ2n) is 14.0. The van der Waals surface area contributed by atoms with Gasteiger partial charge >= 0.3 is 0 Å². The van der Waals surface area contributed by atoms with E-state index >= 15 is 0 Å². The van der Waals surface area contributed by atoms with Crippen molar-refractivity contribution in [2.45, 2.75) is 71.6 Å². The number of piperidine rings is 2. The van der Waals surface area contributed by atoms with Gasteiger partial charge in [0, 0.05) is 37.1 Å². The van der Waals surface area contributed by atoms with Crippen molar-refractivity contribution >= 4 is 22.8 Å². The van der Waals surface area contributed by atoms with Gasteiger partial charge in [-0.3, -0.25) is 9.52 Å². The van der Waals surface area contributed by atoms with E-state index < -0.39 is 11.0 Å². The quantitative estimate of drug-likeness (QED) is 0.351. The number of carbonyl (C=O) groups is 1. The van der Waals surface area contributed by atoms with Gasteiger partial charge in [0.15, 0.2) is 11.0 Å². The molecule has 7 nitrogen and oxygen atoms in total. The summed E-state index contributed by atoms with van der Waals surface area (Å²) in [4.78, 5) is 24.9. The highest BCUT2D eigenvalue weighted by Gasteiger charge is 2.53. The zero-order chi connectivity index (χ0) is 30.5. The SMILES string of the molecule is CCC(=O)N1C[C@H]2C[C@@H](C1)C2C1c2cccc(c2)S(=O)Nc2nc(cc(-c3c(C)cccc3C)n2)OC[C@H]1CC(C)(C)C. The number of amides is 1. The van der Waals surface area contributed by atoms with Crippen LogP contribution in [0.15, 0.2) is 53.4 Å². The Hall–Kier alpha value is -3.26. The first-order valence-corrected chi connectivity index (χ1v) is 16.8. The lowest BCUT2D eigenvalue weighted by Gasteiger charge is -2.58. The highest BCUT2D eigenvalue weighted by Crippen LogP contribution is 2.56. The fourth-order valence-corrected chi connectivity index (χ4v) is 8.71. The number of rotatable bonds is 4. The predicted molar refractivity (Wildman–Crippen MR) is 171 cm³/mol. The molecule has 6 bridgehead atoms. The largest absolute Gasteiger partial charge is 0.477 e. The molecule has 7 rings (SSSR count). The molecule has 4 aliphatic rings. The van der Waals surface area contributed by atoms with Gasteiger partial charge in [0.2, 0.25) is 17.7 Å². The number of nitrogens with one attached hydrogen (secondary N) is 1. The van der Waals surface area contributed by atoms with Crippen LogP contribution in [0.2, 0.25) is 0 Å². The summed E-state index contributed by atoms with van der Waals surface area (Å²) in [6.45, 7) is 15.2. The van der Waals surface area contributed by atoms with E-state index in [0.717, 1.165) is 41.9 Å². The summed E-state index contributed by atoms with van der Waals surface area (Å²) in [6.07, 6.45) is 2.69. The fourth-order valence-electron chi connectivity index (χ4n) is 7.89. The molecule has 1 aliphatic carbocycles. The van der Waals surface area contributed by atoms with E-state index in [9.17, 15) is 9.00 Å². The monoisotopic (exact) mass is 600 g/mol. The zero-order valence-electron chi connectivity index (χ0n) is 26.2. The Bertz CT molecular complexity index is 1520. The first kappa shape index (κ1) is 29.8. The Morgan fingerprint density at radius 2 is 1.74 bits per heavy atom. The number of hydrogen-bond acceptors (Lipinski definition) is 5. The zero-order valence-corrected chi connectivity index (χ0v) is 27.0. The molecule has 228 valence electrons. The second-order valence-corrected chi connectivity index (χ2v) is 15.2. The summed E-state index contributed by atoms with van der Waals surface area (Å²) >= 11 is 0. The third kappa shape index (κ3) is 6.08. The molecule has 1 N–H and O–H groups in total. The van der Waals surface area contributed by atoms with Crippen LogP contribution in [0.1, 0.15) is 69.6 Å². The van der Waals surface area contributed by atoms with E-state index in [1.54, 1.807) is 0 Å². The van der Waals surface area contributed by atoms with Crippen molar-refractivity contribution in [1.29, 1.82) is 0 Å². The molecule has 1 saturated carbocycles. The predicted octanol–water partition coefficient (Wildman–Crippen LogP) is 6.93. The Kier molecular flexibility index (Phi) is 8.09. The molecule has 2 saturated heterocycles. The lowest BCUT2D eigenvalue weighted by Crippen LogP contribution is -2.59. The topological polar surface area (TPSA) is 84.4 Å². The summed E-state index contributed by atoms with van der Waals surface area (Å²) in [5.41, 5.74) is 5.31. The molecule has 0 radical (unpaired) electrons. The molecular formula is C35H44N4O3S. The number of carbonyl (C=O) groups excluding carboxylic acids is 1. The van der Waals surface area contributed by atoms with Crippen molar-refractivity contribution in [3.05, 3.63) is 65.2 Å². The summed E-state index contributed by atoms with van der Waals surface area (Å²) < 4.78 is 23.4. The molecule has 3 fully saturated rings. The van der Waals surface area contributed by atoms with Crippen LogP contribution in [0.5, 0.6) is 5.88 Å². The van der Waals surface area contributed by atoms with Crippen LogP contribution < -0.4 is 9.46 Å². The highest BCUT2D eigenvalue weighted by atomic mass is 32.2. The standard InChI is InChI=1S/C35H44N4O3S/c1-7-30(40)39-18-24-14-25(19-39)33(24)32-23-12-9-13-27(15-23)43(41)38-34-36-28(31-21(2)10-8-11-22(31)3)16-29(37-34)42-20-26(32)17-35(4,5)6/h8-13,15-16,24-26,32-33H,7,14,17-20H2,1-6H3,(H,36,37,38)/t24-,25+,26-,32?,33?,43?/m1/s1. The van der Waals surface area contributed by atoms with Crippen LogP contribution in [0.25, 0.3) is 11.3 Å². The van der Waals surface area contributed by atoms with Gasteiger partial charge in [0.25, 0.3) is 0 Å². The number of hydrogen-bond donors (Lipinski definition) is 1. The fraction of sp³-hybridized carbons (Fsp3) is 0.514. The summed E-state index contributed by atoms with van der Waals surface area (Å²) in [6, 6.07) is 16.4. The van der Waals surface area contributed by atoms with Gasteiger partial charge in [0.1, 0.15) is 0 Å². The normalized spacial score (nSPS) is 26.7. The summed E-state index contributed by atoms with van der Waals surface area (Å²) in [5.74, 6) is 2.83. The number of aryl methyl sites for hydroxylation is 2. The smallest absolute Gasteiger partial charge is 0.238 e. The third-order valence-electron chi connectivity index (χ3n) is 9.58. The molecular weight excluding hydrogens is 556 g/mol. The van der Waals surface area contributed by atoms with Gasteiger partial charge in [-0.1, -0.05) is 58.0 Å². The third-order valence-corrected chi connectivity index (χ3v) is 10.6. The van der Waals surface area contributed by atoms with Gasteiger partial charge in [-0.2, -0.15) is 4.98 Å². The van der Waals surface area contributed by atoms with E-state index in [2.05, 4.69) is 68.5 Å². The van der Waals surface area contributed by atoms with E-state index in [0.29, 0.717) is 41.6 Å². The molecule has 1 aromatic heterocycles. The molecule has 43 heavy (non-hydrogen) atoms. The summed E-state index contributed by atoms with van der Waals surface area (Å²) in [5, 5.41) is 0. The average Bonchev–Trinajstić information content (AvgIpc) is 2.96. The number of anilines is 1. The Balaban J connectivity index is 1.43. The molecule has 1 amide bonds. The molecule has 3 unspecified atom stereocenters. The number of aromatic nitrogens is 2. The number of benzene rings is 2. The maximum atomic E-state index is 13.7. The molecule has 0 spiro atoms. The van der Waals surface area contributed by atoms with Crippen molar-refractivity contribution in [2.75, 3.05) is 24.4 Å². The minimum atomic E-state index is -1.55. The molecule has 6 atom stereocenters. The van der Waals surface area contributed by atoms with Crippen molar-refractivity contribution < 1.29 is 13.7 Å². The minimum absolute atomic E-state index is 0.0780. The Labute approximate surface area is 258 Å². The van der Waals surface area contributed by atoms with E-state index in [4.69, 9.17) is 14.7 Å². The number of ether oxygens (including phenoxy) is 1. The lowest BCUT2D eigenvalue weighted by molar-refractivity contribution is -0.144. The lowest BCUT2D eigenvalue weighted by atomic mass is 9.53. The van der Waals surface area contributed by atoms with Crippen molar-refractivity contribution in [3.8, 4) is 17.1 Å². The van der Waals surface area contributed by atoms with Gasteiger partial charge in [-0.25, -0.2) is 9.19 Å².